The van der Waals surface area contributed by atoms with Gasteiger partial charge in [-0.1, -0.05) is 42.5 Å². The van der Waals surface area contributed by atoms with Gasteiger partial charge in [0.2, 0.25) is 0 Å². The Kier molecular flexibility index (Phi) is 5.31. The van der Waals surface area contributed by atoms with E-state index in [9.17, 15) is 5.11 Å². The Morgan fingerprint density at radius 2 is 2.00 bits per heavy atom. The van der Waals surface area contributed by atoms with Crippen LogP contribution in [0, 0.1) is 6.92 Å². The van der Waals surface area contributed by atoms with E-state index < -0.39 is 6.10 Å². The van der Waals surface area contributed by atoms with Crippen LogP contribution in [0.15, 0.2) is 54.6 Å². The van der Waals surface area contributed by atoms with Crippen LogP contribution >= 0.6 is 0 Å². The zero-order chi connectivity index (χ0) is 16.1. The summed E-state index contributed by atoms with van der Waals surface area (Å²) in [7, 11) is 0. The Morgan fingerprint density at radius 1 is 1.17 bits per heavy atom. The third-order valence-corrected chi connectivity index (χ3v) is 4.44. The van der Waals surface area contributed by atoms with Crippen molar-refractivity contribution in [3.05, 3.63) is 65.7 Å². The molecule has 1 fully saturated rings. The van der Waals surface area contributed by atoms with Gasteiger partial charge < -0.3 is 14.7 Å². The highest BCUT2D eigenvalue weighted by molar-refractivity contribution is 5.27. The molecule has 1 N–H and O–H groups in total. The number of β-amino-alcohol motifs (C(OH)–C–C–N with tert-alkyl or cyclic N) is 1. The number of nitrogens with zero attached hydrogens (tertiary/aromatic N) is 1. The number of aliphatic hydroxyl groups excluding tert-OH is 1. The van der Waals surface area contributed by atoms with Gasteiger partial charge >= 0.3 is 0 Å². The summed E-state index contributed by atoms with van der Waals surface area (Å²) < 4.78 is 5.69. The first-order valence-electron chi connectivity index (χ1n) is 8.35. The Morgan fingerprint density at radius 3 is 2.78 bits per heavy atom. The maximum absolute atomic E-state index is 10.2. The minimum absolute atomic E-state index is 0.343. The topological polar surface area (TPSA) is 32.7 Å². The van der Waals surface area contributed by atoms with Crippen molar-refractivity contribution in [2.45, 2.75) is 25.4 Å². The maximum atomic E-state index is 10.2. The zero-order valence-electron chi connectivity index (χ0n) is 13.7. The summed E-state index contributed by atoms with van der Waals surface area (Å²) in [5.41, 5.74) is 2.57. The lowest BCUT2D eigenvalue weighted by atomic mass is 9.99. The molecular weight excluding hydrogens is 286 g/mol. The minimum atomic E-state index is -0.454. The van der Waals surface area contributed by atoms with Crippen molar-refractivity contribution in [2.75, 3.05) is 26.2 Å². The molecule has 3 rings (SSSR count). The van der Waals surface area contributed by atoms with Gasteiger partial charge in [-0.2, -0.15) is 0 Å². The second kappa shape index (κ2) is 7.62. The van der Waals surface area contributed by atoms with E-state index in [1.807, 2.05) is 31.2 Å². The van der Waals surface area contributed by atoms with Crippen LogP contribution in [-0.2, 0) is 0 Å². The van der Waals surface area contributed by atoms with Crippen molar-refractivity contribution >= 4 is 0 Å². The number of rotatable bonds is 6. The normalized spacial score (nSPS) is 19.7. The van der Waals surface area contributed by atoms with E-state index >= 15 is 0 Å². The third-order valence-electron chi connectivity index (χ3n) is 4.44. The number of ether oxygens (including phenoxy) is 1. The first kappa shape index (κ1) is 16.0. The van der Waals surface area contributed by atoms with E-state index in [1.165, 1.54) is 11.1 Å². The van der Waals surface area contributed by atoms with Gasteiger partial charge in [0, 0.05) is 13.1 Å². The van der Waals surface area contributed by atoms with E-state index in [2.05, 4.69) is 35.2 Å². The number of hydrogen-bond acceptors (Lipinski definition) is 3. The predicted octanol–water partition coefficient (Wildman–Crippen LogP) is 3.22. The molecule has 2 atom stereocenters. The first-order valence-corrected chi connectivity index (χ1v) is 8.35. The summed E-state index contributed by atoms with van der Waals surface area (Å²) in [6.07, 6.45) is 0.709. The van der Waals surface area contributed by atoms with Crippen molar-refractivity contribution in [1.82, 2.24) is 4.90 Å². The fraction of sp³-hybridized carbons (Fsp3) is 0.400. The van der Waals surface area contributed by atoms with Crippen LogP contribution in [0.2, 0.25) is 0 Å². The van der Waals surface area contributed by atoms with E-state index in [-0.39, 0.29) is 0 Å². The standard InChI is InChI=1S/C20H25NO2/c1-16-6-5-9-20(12-16)23-15-19(22)14-21-11-10-18(13-21)17-7-3-2-4-8-17/h2-9,12,18-19,22H,10-11,13-15H2,1H3/t18-,19+/m1/s1. The van der Waals surface area contributed by atoms with Crippen molar-refractivity contribution in [1.29, 1.82) is 0 Å². The fourth-order valence-corrected chi connectivity index (χ4v) is 3.24. The van der Waals surface area contributed by atoms with Crippen molar-refractivity contribution in [3.63, 3.8) is 0 Å². The quantitative estimate of drug-likeness (QED) is 0.889. The molecule has 0 bridgehead atoms. The van der Waals surface area contributed by atoms with E-state index in [0.29, 0.717) is 19.1 Å². The lowest BCUT2D eigenvalue weighted by molar-refractivity contribution is 0.0754. The van der Waals surface area contributed by atoms with Crippen LogP contribution in [0.1, 0.15) is 23.5 Å². The van der Waals surface area contributed by atoms with Crippen LogP contribution in [0.25, 0.3) is 0 Å². The summed E-state index contributed by atoms with van der Waals surface area (Å²) in [5.74, 6) is 1.41. The molecule has 1 aliphatic heterocycles. The molecule has 0 saturated carbocycles. The molecule has 0 radical (unpaired) electrons. The molecule has 0 unspecified atom stereocenters. The van der Waals surface area contributed by atoms with Crippen molar-refractivity contribution < 1.29 is 9.84 Å². The fourth-order valence-electron chi connectivity index (χ4n) is 3.24. The van der Waals surface area contributed by atoms with Gasteiger partial charge in [-0.15, -0.1) is 0 Å². The largest absolute Gasteiger partial charge is 0.491 e. The number of aryl methyl sites for hydroxylation is 1. The third kappa shape index (κ3) is 4.57. The number of hydrogen-bond donors (Lipinski definition) is 1. The SMILES string of the molecule is Cc1cccc(OC[C@@H](O)CN2CC[C@@H](c3ccccc3)C2)c1. The second-order valence-electron chi connectivity index (χ2n) is 6.44. The van der Waals surface area contributed by atoms with Gasteiger partial charge in [0.05, 0.1) is 0 Å². The molecule has 122 valence electrons. The van der Waals surface area contributed by atoms with E-state index in [0.717, 1.165) is 25.3 Å². The smallest absolute Gasteiger partial charge is 0.119 e. The molecule has 3 heteroatoms. The van der Waals surface area contributed by atoms with Crippen LogP contribution in [-0.4, -0.2) is 42.4 Å². The Labute approximate surface area is 138 Å². The van der Waals surface area contributed by atoms with Crippen LogP contribution in [0.3, 0.4) is 0 Å². The van der Waals surface area contributed by atoms with Gasteiger partial charge in [-0.3, -0.25) is 0 Å². The van der Waals surface area contributed by atoms with Crippen LogP contribution in [0.4, 0.5) is 0 Å². The number of aliphatic hydroxyl groups is 1. The molecule has 0 aromatic heterocycles. The number of benzene rings is 2. The first-order chi connectivity index (χ1) is 11.2. The second-order valence-corrected chi connectivity index (χ2v) is 6.44. The molecular formula is C20H25NO2. The molecule has 1 aliphatic rings. The summed E-state index contributed by atoms with van der Waals surface area (Å²) in [6.45, 7) is 5.12. The molecule has 1 heterocycles. The van der Waals surface area contributed by atoms with Gasteiger partial charge in [0.15, 0.2) is 0 Å². The van der Waals surface area contributed by atoms with Crippen molar-refractivity contribution in [3.8, 4) is 5.75 Å². The number of likely N-dealkylation sites (tertiary alicyclic amines) is 1. The highest BCUT2D eigenvalue weighted by Gasteiger charge is 2.25. The van der Waals surface area contributed by atoms with Crippen molar-refractivity contribution in [2.24, 2.45) is 0 Å². The average molecular weight is 311 g/mol. The summed E-state index contributed by atoms with van der Waals surface area (Å²) in [6, 6.07) is 18.6. The summed E-state index contributed by atoms with van der Waals surface area (Å²) in [4.78, 5) is 2.34. The predicted molar refractivity (Wildman–Crippen MR) is 92.9 cm³/mol. The Balaban J connectivity index is 1.45. The minimum Gasteiger partial charge on any atom is -0.491 e. The lowest BCUT2D eigenvalue weighted by Crippen LogP contribution is -2.34. The molecule has 23 heavy (non-hydrogen) atoms. The highest BCUT2D eigenvalue weighted by atomic mass is 16.5. The summed E-state index contributed by atoms with van der Waals surface area (Å²) >= 11 is 0. The average Bonchev–Trinajstić information content (AvgIpc) is 3.02. The van der Waals surface area contributed by atoms with Crippen LogP contribution in [0.5, 0.6) is 5.75 Å². The molecule has 0 spiro atoms. The zero-order valence-corrected chi connectivity index (χ0v) is 13.7. The molecule has 2 aromatic rings. The summed E-state index contributed by atoms with van der Waals surface area (Å²) in [5, 5.41) is 10.2. The van der Waals surface area contributed by atoms with Crippen LogP contribution < -0.4 is 4.74 Å². The molecule has 1 saturated heterocycles. The highest BCUT2D eigenvalue weighted by Crippen LogP contribution is 2.26. The van der Waals surface area contributed by atoms with Gasteiger partial charge in [0.25, 0.3) is 0 Å². The Bertz CT molecular complexity index is 614. The van der Waals surface area contributed by atoms with E-state index in [1.54, 1.807) is 0 Å². The maximum Gasteiger partial charge on any atom is 0.119 e. The molecule has 0 aliphatic carbocycles. The van der Waals surface area contributed by atoms with Gasteiger partial charge in [-0.25, -0.2) is 0 Å². The monoisotopic (exact) mass is 311 g/mol. The van der Waals surface area contributed by atoms with Gasteiger partial charge in [-0.05, 0) is 49.1 Å². The van der Waals surface area contributed by atoms with Gasteiger partial charge in [0.1, 0.15) is 18.5 Å². The molecule has 2 aromatic carbocycles. The Hall–Kier alpha value is -1.84. The molecule has 0 amide bonds. The molecule has 3 nitrogen and oxygen atoms in total. The van der Waals surface area contributed by atoms with E-state index in [4.69, 9.17) is 4.74 Å². The lowest BCUT2D eigenvalue weighted by Gasteiger charge is -2.20.